The van der Waals surface area contributed by atoms with Crippen molar-refractivity contribution in [1.29, 1.82) is 0 Å². The smallest absolute Gasteiger partial charge is 0.305 e. The maximum Gasteiger partial charge on any atom is 0.305 e. The molecule has 7 unspecified atom stereocenters. The van der Waals surface area contributed by atoms with Gasteiger partial charge in [-0.2, -0.15) is 0 Å². The molecule has 0 spiro atoms. The first kappa shape index (κ1) is 91.2. The fraction of sp³-hybridized carbons (Fsp3) is 0.929. The van der Waals surface area contributed by atoms with Crippen LogP contribution < -0.4 is 5.32 Å². The zero-order valence-electron chi connectivity index (χ0n) is 62.9. The summed E-state index contributed by atoms with van der Waals surface area (Å²) in [7, 11) is 0. The van der Waals surface area contributed by atoms with E-state index in [4.69, 9.17) is 14.2 Å². The Labute approximate surface area is 588 Å². The monoisotopic (exact) mass is 1340 g/mol. The van der Waals surface area contributed by atoms with E-state index in [9.17, 15) is 35.1 Å². The normalized spacial score (nSPS) is 17.4. The number of unbranched alkanes of at least 4 members (excludes halogenated alkanes) is 60. The minimum absolute atomic E-state index is 0.0215. The zero-order valence-corrected chi connectivity index (χ0v) is 62.9. The van der Waals surface area contributed by atoms with E-state index in [1.54, 1.807) is 6.08 Å². The van der Waals surface area contributed by atoms with Gasteiger partial charge in [0.1, 0.15) is 24.4 Å². The van der Waals surface area contributed by atoms with Crippen LogP contribution in [0, 0.1) is 0 Å². The third kappa shape index (κ3) is 61.7. The lowest BCUT2D eigenvalue weighted by Gasteiger charge is -2.40. The zero-order chi connectivity index (χ0) is 68.6. The Balaban J connectivity index is 1.87. The molecule has 0 radical (unpaired) electrons. The van der Waals surface area contributed by atoms with Crippen molar-refractivity contribution in [2.75, 3.05) is 19.8 Å². The van der Waals surface area contributed by atoms with Crippen molar-refractivity contribution in [2.45, 2.75) is 480 Å². The van der Waals surface area contributed by atoms with Gasteiger partial charge in [0.25, 0.3) is 0 Å². The van der Waals surface area contributed by atoms with Gasteiger partial charge in [-0.1, -0.05) is 404 Å². The third-order valence-electron chi connectivity index (χ3n) is 20.3. The maximum absolute atomic E-state index is 13.1. The number of allylic oxidation sites excluding steroid dienone is 3. The molecule has 562 valence electrons. The molecular formula is C84H161NO10. The molecule has 1 aliphatic heterocycles. The van der Waals surface area contributed by atoms with Crippen molar-refractivity contribution in [2.24, 2.45) is 0 Å². The topological polar surface area (TPSA) is 175 Å². The van der Waals surface area contributed by atoms with Gasteiger partial charge in [0.05, 0.1) is 32.0 Å². The molecule has 1 fully saturated rings. The predicted molar refractivity (Wildman–Crippen MR) is 403 cm³/mol. The molecule has 0 aromatic heterocycles. The predicted octanol–water partition coefficient (Wildman–Crippen LogP) is 23.1. The molecule has 0 aromatic rings. The Morgan fingerprint density at radius 1 is 0.379 bits per heavy atom. The highest BCUT2D eigenvalue weighted by molar-refractivity contribution is 5.76. The first-order valence-electron chi connectivity index (χ1n) is 42.1. The Bertz CT molecular complexity index is 1630. The first-order valence-corrected chi connectivity index (χ1v) is 42.1. The number of ether oxygens (including phenoxy) is 3. The molecule has 6 N–H and O–H groups in total. The number of carbonyl (C=O) groups excluding carboxylic acids is 2. The van der Waals surface area contributed by atoms with Crippen LogP contribution in [0.4, 0.5) is 0 Å². The van der Waals surface area contributed by atoms with Crippen LogP contribution in [0.3, 0.4) is 0 Å². The highest BCUT2D eigenvalue weighted by Gasteiger charge is 2.44. The largest absolute Gasteiger partial charge is 0.466 e. The Kier molecular flexibility index (Phi) is 70.4. The quantitative estimate of drug-likeness (QED) is 0.0195. The highest BCUT2D eigenvalue weighted by Crippen LogP contribution is 2.24. The van der Waals surface area contributed by atoms with Crippen molar-refractivity contribution in [3.8, 4) is 0 Å². The summed E-state index contributed by atoms with van der Waals surface area (Å²) in [5.74, 6) is -0.161. The first-order chi connectivity index (χ1) is 46.7. The summed E-state index contributed by atoms with van der Waals surface area (Å²) < 4.78 is 16.8. The van der Waals surface area contributed by atoms with Crippen LogP contribution >= 0.6 is 0 Å². The van der Waals surface area contributed by atoms with Crippen LogP contribution in [-0.4, -0.2) is 100 Å². The second-order valence-corrected chi connectivity index (χ2v) is 29.5. The van der Waals surface area contributed by atoms with E-state index in [0.29, 0.717) is 19.4 Å². The highest BCUT2D eigenvalue weighted by atomic mass is 16.7. The van der Waals surface area contributed by atoms with Gasteiger partial charge in [0, 0.05) is 12.8 Å². The molecule has 0 aromatic carbocycles. The van der Waals surface area contributed by atoms with E-state index >= 15 is 0 Å². The number of hydrogen-bond donors (Lipinski definition) is 6. The molecule has 7 atom stereocenters. The minimum Gasteiger partial charge on any atom is -0.466 e. The van der Waals surface area contributed by atoms with Crippen molar-refractivity contribution >= 4 is 11.9 Å². The molecule has 1 aliphatic rings. The van der Waals surface area contributed by atoms with Gasteiger partial charge in [-0.15, -0.1) is 0 Å². The lowest BCUT2D eigenvalue weighted by atomic mass is 9.99. The summed E-state index contributed by atoms with van der Waals surface area (Å²) >= 11 is 0. The number of aliphatic hydroxyl groups is 5. The Morgan fingerprint density at radius 3 is 1.04 bits per heavy atom. The standard InChI is InChI=1S/C84H161NO10/c1-3-5-7-9-11-13-15-17-46-50-54-58-62-66-70-77(87)76(75-94-84-83(92)82(91)81(90)78(74-86)95-84)85-79(88)71-67-63-59-55-51-47-44-42-40-38-36-34-32-30-28-26-24-22-20-19-21-23-25-27-29-31-33-35-37-39-41-43-45-49-53-57-61-65-69-73-93-80(89)72-68-64-60-56-52-48-18-16-14-12-10-8-6-4-2/h50,54,66,70,76-78,81-84,86-87,90-92H,3-49,51-53,55-65,67-69,71-75H2,1-2H3,(H,85,88)/b54-50+,70-66+. The lowest BCUT2D eigenvalue weighted by molar-refractivity contribution is -0.302. The summed E-state index contributed by atoms with van der Waals surface area (Å²) in [4.78, 5) is 25.2. The van der Waals surface area contributed by atoms with Crippen molar-refractivity contribution in [3.05, 3.63) is 24.3 Å². The SMILES string of the molecule is CCCCCCCCCC/C=C/CC/C=C/C(O)C(COC1OC(CO)C(O)C(O)C1O)NC(=O)CCCCCCCCCCCCCCCCCCCCCCCCCCCCCCCCCCCCCCCCCOC(=O)CCCCCCCCCCCCCCCC. The van der Waals surface area contributed by atoms with E-state index in [2.05, 4.69) is 31.3 Å². The van der Waals surface area contributed by atoms with Crippen LogP contribution in [0.25, 0.3) is 0 Å². The number of carbonyl (C=O) groups is 2. The molecule has 0 saturated carbocycles. The minimum atomic E-state index is -1.57. The van der Waals surface area contributed by atoms with Crippen LogP contribution in [0.2, 0.25) is 0 Å². The number of amides is 1. The van der Waals surface area contributed by atoms with Crippen molar-refractivity contribution < 1.29 is 49.3 Å². The fourth-order valence-electron chi connectivity index (χ4n) is 13.8. The third-order valence-corrected chi connectivity index (χ3v) is 20.3. The second kappa shape index (κ2) is 73.4. The number of hydrogen-bond acceptors (Lipinski definition) is 10. The van der Waals surface area contributed by atoms with Gasteiger partial charge in [0.2, 0.25) is 5.91 Å². The van der Waals surface area contributed by atoms with Crippen molar-refractivity contribution in [1.82, 2.24) is 5.32 Å². The molecule has 1 amide bonds. The van der Waals surface area contributed by atoms with Crippen LogP contribution in [-0.2, 0) is 23.8 Å². The summed E-state index contributed by atoms with van der Waals surface area (Å²) in [5, 5.41) is 54.6. The second-order valence-electron chi connectivity index (χ2n) is 29.5. The van der Waals surface area contributed by atoms with E-state index in [1.807, 2.05) is 6.08 Å². The Morgan fingerprint density at radius 2 is 0.684 bits per heavy atom. The summed E-state index contributed by atoms with van der Waals surface area (Å²) in [6.07, 6.45) is 85.2. The number of aliphatic hydroxyl groups excluding tert-OH is 5. The number of nitrogens with one attached hydrogen (secondary N) is 1. The molecule has 11 nitrogen and oxygen atoms in total. The Hall–Kier alpha value is -1.86. The summed E-state index contributed by atoms with van der Waals surface area (Å²) in [6, 6.07) is -0.823. The van der Waals surface area contributed by atoms with Crippen LogP contribution in [0.5, 0.6) is 0 Å². The van der Waals surface area contributed by atoms with E-state index in [1.165, 1.54) is 360 Å². The lowest BCUT2D eigenvalue weighted by Crippen LogP contribution is -2.60. The van der Waals surface area contributed by atoms with Gasteiger partial charge in [-0.25, -0.2) is 0 Å². The van der Waals surface area contributed by atoms with Crippen molar-refractivity contribution in [3.63, 3.8) is 0 Å². The molecule has 11 heteroatoms. The average Bonchev–Trinajstić information content (AvgIpc) is 0.929. The van der Waals surface area contributed by atoms with Gasteiger partial charge in [-0.3, -0.25) is 9.59 Å². The van der Waals surface area contributed by atoms with E-state index in [0.717, 1.165) is 51.4 Å². The molecule has 95 heavy (non-hydrogen) atoms. The molecule has 1 rings (SSSR count). The number of rotatable bonds is 76. The molecule has 0 bridgehead atoms. The van der Waals surface area contributed by atoms with Gasteiger partial charge >= 0.3 is 5.97 Å². The van der Waals surface area contributed by atoms with Gasteiger partial charge in [0.15, 0.2) is 6.29 Å². The molecular weight excluding hydrogens is 1180 g/mol. The summed E-state index contributed by atoms with van der Waals surface area (Å²) in [5.41, 5.74) is 0. The van der Waals surface area contributed by atoms with Gasteiger partial charge < -0.3 is 45.1 Å². The van der Waals surface area contributed by atoms with Gasteiger partial charge in [-0.05, 0) is 44.9 Å². The molecule has 1 saturated heterocycles. The van der Waals surface area contributed by atoms with Crippen LogP contribution in [0.15, 0.2) is 24.3 Å². The van der Waals surface area contributed by atoms with E-state index < -0.39 is 49.5 Å². The molecule has 0 aliphatic carbocycles. The average molecular weight is 1350 g/mol. The van der Waals surface area contributed by atoms with Crippen LogP contribution in [0.1, 0.15) is 438 Å². The number of esters is 1. The summed E-state index contributed by atoms with van der Waals surface area (Å²) in [6.45, 7) is 4.39. The molecule has 1 heterocycles. The maximum atomic E-state index is 13.1. The van der Waals surface area contributed by atoms with E-state index in [-0.39, 0.29) is 18.5 Å². The fourth-order valence-corrected chi connectivity index (χ4v) is 13.8.